The number of methoxy groups -OCH3 is 2. The number of rotatable bonds is 8. The highest BCUT2D eigenvalue weighted by molar-refractivity contribution is 7.19. The number of thiophene rings is 1. The first kappa shape index (κ1) is 35.7. The lowest BCUT2D eigenvalue weighted by Gasteiger charge is -2.29. The van der Waals surface area contributed by atoms with Crippen molar-refractivity contribution < 1.29 is 28.7 Å². The minimum Gasteiger partial charge on any atom is -0.453 e. The van der Waals surface area contributed by atoms with Crippen LogP contribution in [-0.2, 0) is 19.1 Å². The lowest BCUT2D eigenvalue weighted by molar-refractivity contribution is -0.136. The maximum Gasteiger partial charge on any atom is 0.407 e. The van der Waals surface area contributed by atoms with Crippen molar-refractivity contribution in [2.75, 3.05) is 27.3 Å². The Morgan fingerprint density at radius 2 is 1.35 bits per heavy atom. The van der Waals surface area contributed by atoms with Crippen LogP contribution in [0.1, 0.15) is 87.6 Å². The number of carbonyl (C=O) groups excluding carboxylic acids is 4. The second kappa shape index (κ2) is 15.0. The number of imidazole rings is 2. The molecule has 14 nitrogen and oxygen atoms in total. The average Bonchev–Trinajstić information content (AvgIpc) is 3.94. The van der Waals surface area contributed by atoms with Gasteiger partial charge in [-0.1, -0.05) is 39.5 Å². The fraction of sp³-hybridized carbons (Fsp3) is 0.500. The molecule has 0 spiro atoms. The van der Waals surface area contributed by atoms with Gasteiger partial charge in [-0.05, 0) is 61.8 Å². The normalized spacial score (nSPS) is 18.6. The van der Waals surface area contributed by atoms with E-state index in [-0.39, 0.29) is 35.7 Å². The topological polar surface area (TPSA) is 175 Å². The van der Waals surface area contributed by atoms with Gasteiger partial charge in [0.2, 0.25) is 11.8 Å². The average molecular weight is 717 g/mol. The van der Waals surface area contributed by atoms with Gasteiger partial charge in [-0.25, -0.2) is 19.6 Å². The van der Waals surface area contributed by atoms with Crippen LogP contribution in [-0.4, -0.2) is 93.1 Å². The third kappa shape index (κ3) is 7.51. The quantitative estimate of drug-likeness (QED) is 0.185. The van der Waals surface area contributed by atoms with Crippen LogP contribution in [0, 0.1) is 23.7 Å². The molecule has 4 atom stereocenters. The molecule has 0 bridgehead atoms. The molecule has 4 amide bonds. The number of ether oxygens (including phenoxy) is 2. The second-order valence-electron chi connectivity index (χ2n) is 13.7. The number of aromatic amines is 2. The number of nitrogens with zero attached hydrogens (tertiary/aromatic N) is 4. The van der Waals surface area contributed by atoms with Gasteiger partial charge in [0, 0.05) is 18.7 Å². The van der Waals surface area contributed by atoms with Crippen LogP contribution in [0.15, 0.2) is 24.3 Å². The summed E-state index contributed by atoms with van der Waals surface area (Å²) in [4.78, 5) is 72.6. The Kier molecular flexibility index (Phi) is 10.5. The number of likely N-dealkylation sites (tertiary alicyclic amines) is 2. The number of H-pyrrole nitrogens is 2. The highest BCUT2D eigenvalue weighted by atomic mass is 32.1. The van der Waals surface area contributed by atoms with Crippen LogP contribution in [0.3, 0.4) is 0 Å². The van der Waals surface area contributed by atoms with Crippen molar-refractivity contribution in [2.45, 2.75) is 77.5 Å². The van der Waals surface area contributed by atoms with Crippen molar-refractivity contribution >= 4 is 56.7 Å². The molecule has 0 saturated carbocycles. The summed E-state index contributed by atoms with van der Waals surface area (Å²) >= 11 is 1.48. The monoisotopic (exact) mass is 716 g/mol. The molecule has 51 heavy (non-hydrogen) atoms. The lowest BCUT2D eigenvalue weighted by Crippen LogP contribution is -2.51. The maximum atomic E-state index is 13.5. The van der Waals surface area contributed by atoms with E-state index < -0.39 is 24.3 Å². The van der Waals surface area contributed by atoms with Gasteiger partial charge in [0.25, 0.3) is 0 Å². The summed E-state index contributed by atoms with van der Waals surface area (Å²) in [7, 11) is 2.57. The van der Waals surface area contributed by atoms with E-state index >= 15 is 0 Å². The van der Waals surface area contributed by atoms with E-state index in [0.717, 1.165) is 63.3 Å². The third-order valence-corrected chi connectivity index (χ3v) is 10.5. The number of hydrogen-bond donors (Lipinski definition) is 4. The van der Waals surface area contributed by atoms with Gasteiger partial charge in [0.05, 0.1) is 47.7 Å². The molecule has 2 fully saturated rings. The van der Waals surface area contributed by atoms with Crippen LogP contribution in [0.4, 0.5) is 9.59 Å². The molecule has 1 aromatic carbocycles. The van der Waals surface area contributed by atoms with Crippen molar-refractivity contribution in [1.82, 2.24) is 40.4 Å². The van der Waals surface area contributed by atoms with Crippen LogP contribution in [0.2, 0.25) is 0 Å². The smallest absolute Gasteiger partial charge is 0.407 e. The minimum absolute atomic E-state index is 0.107. The third-order valence-electron chi connectivity index (χ3n) is 9.51. The van der Waals surface area contributed by atoms with Crippen molar-refractivity contribution in [3.63, 3.8) is 0 Å². The van der Waals surface area contributed by atoms with Gasteiger partial charge in [0.1, 0.15) is 28.6 Å². The Morgan fingerprint density at radius 1 is 0.804 bits per heavy atom. The number of hydrogen-bond acceptors (Lipinski definition) is 9. The van der Waals surface area contributed by atoms with Crippen molar-refractivity contribution in [3.05, 3.63) is 46.4 Å². The first-order valence-electron chi connectivity index (χ1n) is 17.3. The molecular formula is C36H44N8O6S. The van der Waals surface area contributed by atoms with Crippen LogP contribution >= 0.6 is 11.3 Å². The summed E-state index contributed by atoms with van der Waals surface area (Å²) in [5, 5.41) is 5.37. The molecule has 2 aliphatic rings. The molecule has 3 aromatic heterocycles. The number of fused-ring (bicyclic) bond motifs is 2. The molecule has 270 valence electrons. The molecule has 6 rings (SSSR count). The van der Waals surface area contributed by atoms with Crippen molar-refractivity contribution in [2.24, 2.45) is 11.8 Å². The lowest BCUT2D eigenvalue weighted by atomic mass is 10.0. The van der Waals surface area contributed by atoms with E-state index in [1.807, 2.05) is 52.0 Å². The first-order valence-corrected chi connectivity index (χ1v) is 18.1. The maximum absolute atomic E-state index is 13.5. The highest BCUT2D eigenvalue weighted by Crippen LogP contribution is 2.35. The van der Waals surface area contributed by atoms with Crippen LogP contribution < -0.4 is 10.6 Å². The summed E-state index contributed by atoms with van der Waals surface area (Å²) in [6.45, 7) is 8.74. The van der Waals surface area contributed by atoms with E-state index in [1.165, 1.54) is 25.6 Å². The Hall–Kier alpha value is -5.10. The summed E-state index contributed by atoms with van der Waals surface area (Å²) in [5.41, 5.74) is 3.28. The Labute approximate surface area is 300 Å². The Morgan fingerprint density at radius 3 is 1.88 bits per heavy atom. The molecule has 2 saturated heterocycles. The largest absolute Gasteiger partial charge is 0.453 e. The molecule has 2 aliphatic heterocycles. The summed E-state index contributed by atoms with van der Waals surface area (Å²) in [6.07, 6.45) is 1.96. The Balaban J connectivity index is 1.15. The van der Waals surface area contributed by atoms with Gasteiger partial charge in [-0.15, -0.1) is 11.3 Å². The van der Waals surface area contributed by atoms with E-state index in [4.69, 9.17) is 19.4 Å². The van der Waals surface area contributed by atoms with Crippen molar-refractivity contribution in [1.29, 1.82) is 0 Å². The molecule has 0 radical (unpaired) electrons. The summed E-state index contributed by atoms with van der Waals surface area (Å²) < 4.78 is 9.48. The molecule has 4 aromatic rings. The number of amides is 4. The standard InChI is InChI=1S/C36H44N8O6S/c1-19(2)28(40-35(47)49-5)33(45)43-15-7-9-26(43)30-37-23-14-12-21(17-24(23)38-30)11-13-22-18-25-32(51-22)42-31(39-25)27-10-8-16-44(27)34(46)29(20(3)4)41-36(48)50-6/h12,14,17-20,26-29H,7-10,15-16H2,1-6H3,(H,37,38)(H,39,42)(H,40,47)(H,41,48)/t26?,27-,28-,29-/m0/s1. The fourth-order valence-electron chi connectivity index (χ4n) is 6.83. The number of benzene rings is 1. The zero-order valence-electron chi connectivity index (χ0n) is 29.7. The molecule has 0 aliphatic carbocycles. The van der Waals surface area contributed by atoms with Crippen LogP contribution in [0.5, 0.6) is 0 Å². The summed E-state index contributed by atoms with van der Waals surface area (Å²) in [5.74, 6) is 7.42. The molecular weight excluding hydrogens is 673 g/mol. The van der Waals surface area contributed by atoms with Gasteiger partial charge in [-0.2, -0.15) is 0 Å². The first-order chi connectivity index (χ1) is 24.5. The molecule has 5 heterocycles. The SMILES string of the molecule is COC(=O)N[C@H](C(=O)N1CCCC1c1nc2ccc(C#Cc3cc4[nH]c([C@@H]5CCCN5C(=O)[C@@H](NC(=O)OC)C(C)C)nc4s3)cc2[nH]1)C(C)C. The Bertz CT molecular complexity index is 1970. The molecule has 15 heteroatoms. The number of nitrogens with one attached hydrogen (secondary N) is 4. The number of aromatic nitrogens is 4. The van der Waals surface area contributed by atoms with E-state index in [1.54, 1.807) is 9.80 Å². The minimum atomic E-state index is -0.698. The summed E-state index contributed by atoms with van der Waals surface area (Å²) in [6, 6.07) is 5.95. The number of alkyl carbamates (subject to hydrolysis) is 2. The predicted octanol–water partition coefficient (Wildman–Crippen LogP) is 4.99. The predicted molar refractivity (Wildman–Crippen MR) is 192 cm³/mol. The van der Waals surface area contributed by atoms with Gasteiger partial charge < -0.3 is 39.9 Å². The zero-order valence-corrected chi connectivity index (χ0v) is 30.5. The second-order valence-corrected chi connectivity index (χ2v) is 14.7. The molecule has 1 unspecified atom stereocenters. The van der Waals surface area contributed by atoms with Gasteiger partial charge >= 0.3 is 12.2 Å². The van der Waals surface area contributed by atoms with E-state index in [0.29, 0.717) is 18.9 Å². The van der Waals surface area contributed by atoms with E-state index in [2.05, 4.69) is 32.4 Å². The van der Waals surface area contributed by atoms with E-state index in [9.17, 15) is 19.2 Å². The van der Waals surface area contributed by atoms with Gasteiger partial charge in [0.15, 0.2) is 0 Å². The van der Waals surface area contributed by atoms with Crippen LogP contribution in [0.25, 0.3) is 21.4 Å². The fourth-order valence-corrected chi connectivity index (χ4v) is 7.68. The zero-order chi connectivity index (χ0) is 36.4. The number of carbonyl (C=O) groups is 4. The highest BCUT2D eigenvalue weighted by Gasteiger charge is 2.39. The van der Waals surface area contributed by atoms with Gasteiger partial charge in [-0.3, -0.25) is 9.59 Å². The van der Waals surface area contributed by atoms with Crippen molar-refractivity contribution in [3.8, 4) is 11.8 Å². The molecule has 4 N–H and O–H groups in total.